The van der Waals surface area contributed by atoms with Gasteiger partial charge in [-0.2, -0.15) is 5.10 Å². The van der Waals surface area contributed by atoms with Gasteiger partial charge in [0.25, 0.3) is 0 Å². The molecular formula is C24H24ClFN4O3. The van der Waals surface area contributed by atoms with Gasteiger partial charge < -0.3 is 15.0 Å². The number of rotatable bonds is 7. The third-order valence-corrected chi connectivity index (χ3v) is 5.24. The van der Waals surface area contributed by atoms with E-state index in [2.05, 4.69) is 10.4 Å². The van der Waals surface area contributed by atoms with E-state index in [0.29, 0.717) is 27.8 Å². The normalized spacial score (nSPS) is 11.0. The standard InChI is InChI=1S/C24H24ClFN4O3/c1-15-20(16(2)30(28-15)19-8-6-18(26)7-9-19)10-12-24(32)29(3)14-23(31)27-21-13-17(25)5-11-22(21)33-4/h5-13H,14H2,1-4H3,(H,27,31)/b12-10+. The third-order valence-electron chi connectivity index (χ3n) is 5.00. The third kappa shape index (κ3) is 5.78. The molecule has 0 aliphatic rings. The molecule has 3 aromatic rings. The molecule has 0 radical (unpaired) electrons. The molecule has 0 saturated carbocycles. The Morgan fingerprint density at radius 3 is 2.58 bits per heavy atom. The predicted octanol–water partition coefficient (Wildman–Crippen LogP) is 4.40. The van der Waals surface area contributed by atoms with E-state index in [-0.39, 0.29) is 18.3 Å². The molecule has 0 aliphatic heterocycles. The minimum Gasteiger partial charge on any atom is -0.495 e. The molecule has 1 N–H and O–H groups in total. The van der Waals surface area contributed by atoms with Gasteiger partial charge in [0.05, 0.1) is 30.7 Å². The summed E-state index contributed by atoms with van der Waals surface area (Å²) in [4.78, 5) is 26.3. The van der Waals surface area contributed by atoms with Crippen LogP contribution >= 0.6 is 11.6 Å². The summed E-state index contributed by atoms with van der Waals surface area (Å²) in [5.74, 6) is -0.606. The molecule has 0 unspecified atom stereocenters. The zero-order valence-electron chi connectivity index (χ0n) is 18.7. The molecule has 172 valence electrons. The summed E-state index contributed by atoms with van der Waals surface area (Å²) < 4.78 is 20.1. The Labute approximate surface area is 196 Å². The number of benzene rings is 2. The summed E-state index contributed by atoms with van der Waals surface area (Å²) in [5, 5.41) is 7.63. The van der Waals surface area contributed by atoms with Gasteiger partial charge in [-0.3, -0.25) is 9.59 Å². The van der Waals surface area contributed by atoms with E-state index in [4.69, 9.17) is 16.3 Å². The van der Waals surface area contributed by atoms with Crippen LogP contribution in [0.4, 0.5) is 10.1 Å². The largest absolute Gasteiger partial charge is 0.495 e. The van der Waals surface area contributed by atoms with E-state index in [9.17, 15) is 14.0 Å². The molecule has 3 rings (SSSR count). The van der Waals surface area contributed by atoms with E-state index < -0.39 is 5.91 Å². The van der Waals surface area contributed by atoms with Gasteiger partial charge in [0.15, 0.2) is 0 Å². The van der Waals surface area contributed by atoms with Crippen LogP contribution in [0.15, 0.2) is 48.5 Å². The number of aromatic nitrogens is 2. The van der Waals surface area contributed by atoms with Crippen LogP contribution in [0.1, 0.15) is 17.0 Å². The molecule has 0 fully saturated rings. The van der Waals surface area contributed by atoms with Crippen molar-refractivity contribution in [2.45, 2.75) is 13.8 Å². The number of methoxy groups -OCH3 is 1. The number of nitrogens with zero attached hydrogens (tertiary/aromatic N) is 3. The second-order valence-electron chi connectivity index (χ2n) is 7.39. The lowest BCUT2D eigenvalue weighted by atomic mass is 10.2. The van der Waals surface area contributed by atoms with Gasteiger partial charge in [-0.25, -0.2) is 9.07 Å². The van der Waals surface area contributed by atoms with E-state index in [1.165, 1.54) is 37.3 Å². The van der Waals surface area contributed by atoms with Gasteiger partial charge in [-0.1, -0.05) is 11.6 Å². The molecule has 0 atom stereocenters. The van der Waals surface area contributed by atoms with Crippen molar-refractivity contribution in [3.8, 4) is 11.4 Å². The minimum atomic E-state index is -0.392. The van der Waals surface area contributed by atoms with Crippen LogP contribution in [-0.4, -0.2) is 47.2 Å². The highest BCUT2D eigenvalue weighted by Gasteiger charge is 2.15. The molecule has 2 aromatic carbocycles. The number of carbonyl (C=O) groups excluding carboxylic acids is 2. The van der Waals surface area contributed by atoms with Crippen molar-refractivity contribution in [3.63, 3.8) is 0 Å². The van der Waals surface area contributed by atoms with E-state index >= 15 is 0 Å². The van der Waals surface area contributed by atoms with Gasteiger partial charge >= 0.3 is 0 Å². The molecule has 0 spiro atoms. The first-order valence-electron chi connectivity index (χ1n) is 10.1. The Kier molecular flexibility index (Phi) is 7.50. The monoisotopic (exact) mass is 470 g/mol. The summed E-state index contributed by atoms with van der Waals surface area (Å²) >= 11 is 5.98. The lowest BCUT2D eigenvalue weighted by Gasteiger charge is -2.16. The fraction of sp³-hybridized carbons (Fsp3) is 0.208. The quantitative estimate of drug-likeness (QED) is 0.519. The fourth-order valence-corrected chi connectivity index (χ4v) is 3.44. The van der Waals surface area contributed by atoms with Crippen LogP contribution in [0.5, 0.6) is 5.75 Å². The maximum atomic E-state index is 13.2. The van der Waals surface area contributed by atoms with Gasteiger partial charge in [0, 0.05) is 29.4 Å². The molecule has 0 bridgehead atoms. The lowest BCUT2D eigenvalue weighted by Crippen LogP contribution is -2.33. The number of amides is 2. The second-order valence-corrected chi connectivity index (χ2v) is 7.83. The molecule has 1 aromatic heterocycles. The number of hydrogen-bond acceptors (Lipinski definition) is 4. The smallest absolute Gasteiger partial charge is 0.246 e. The van der Waals surface area contributed by atoms with Crippen LogP contribution in [0.3, 0.4) is 0 Å². The Bertz CT molecular complexity index is 1210. The van der Waals surface area contributed by atoms with E-state index in [0.717, 1.165) is 11.3 Å². The first kappa shape index (κ1) is 24.0. The fourth-order valence-electron chi connectivity index (χ4n) is 3.27. The Morgan fingerprint density at radius 2 is 1.91 bits per heavy atom. The van der Waals surface area contributed by atoms with Crippen LogP contribution < -0.4 is 10.1 Å². The van der Waals surface area contributed by atoms with Gasteiger partial charge in [0.2, 0.25) is 11.8 Å². The Balaban J connectivity index is 1.67. The van der Waals surface area contributed by atoms with Crippen LogP contribution in [0.2, 0.25) is 5.02 Å². The van der Waals surface area contributed by atoms with Crippen molar-refractivity contribution < 1.29 is 18.7 Å². The van der Waals surface area contributed by atoms with Crippen molar-refractivity contribution in [3.05, 3.63) is 76.3 Å². The molecule has 1 heterocycles. The first-order valence-corrected chi connectivity index (χ1v) is 10.5. The SMILES string of the molecule is COc1ccc(Cl)cc1NC(=O)CN(C)C(=O)/C=C/c1c(C)nn(-c2ccc(F)cc2)c1C. The molecule has 0 saturated heterocycles. The highest BCUT2D eigenvalue weighted by Crippen LogP contribution is 2.27. The van der Waals surface area contributed by atoms with Gasteiger partial charge in [-0.05, 0) is 62.4 Å². The van der Waals surface area contributed by atoms with E-state index in [1.807, 2.05) is 13.8 Å². The number of aryl methyl sites for hydroxylation is 1. The molecule has 0 aliphatic carbocycles. The first-order chi connectivity index (χ1) is 15.7. The zero-order valence-corrected chi connectivity index (χ0v) is 19.5. The Hall–Kier alpha value is -3.65. The number of likely N-dealkylation sites (N-methyl/N-ethyl adjacent to an activating group) is 1. The van der Waals surface area contributed by atoms with Crippen molar-refractivity contribution in [1.29, 1.82) is 0 Å². The van der Waals surface area contributed by atoms with Crippen LogP contribution in [0, 0.1) is 19.7 Å². The van der Waals surface area contributed by atoms with Crippen molar-refractivity contribution in [2.24, 2.45) is 0 Å². The molecule has 9 heteroatoms. The summed E-state index contributed by atoms with van der Waals surface area (Å²) in [6, 6.07) is 10.9. The highest BCUT2D eigenvalue weighted by molar-refractivity contribution is 6.31. The number of halogens is 2. The maximum Gasteiger partial charge on any atom is 0.246 e. The second kappa shape index (κ2) is 10.3. The number of nitrogens with one attached hydrogen (secondary N) is 1. The van der Waals surface area contributed by atoms with Crippen LogP contribution in [0.25, 0.3) is 11.8 Å². The molecular weight excluding hydrogens is 447 g/mol. The molecule has 33 heavy (non-hydrogen) atoms. The van der Waals surface area contributed by atoms with E-state index in [1.54, 1.807) is 41.1 Å². The predicted molar refractivity (Wildman–Crippen MR) is 126 cm³/mol. The molecule has 7 nitrogen and oxygen atoms in total. The average Bonchev–Trinajstić information content (AvgIpc) is 3.06. The number of hydrogen-bond donors (Lipinski definition) is 1. The van der Waals surface area contributed by atoms with Crippen molar-refractivity contribution >= 4 is 35.2 Å². The summed E-state index contributed by atoms with van der Waals surface area (Å²) in [7, 11) is 3.02. The zero-order chi connectivity index (χ0) is 24.1. The van der Waals surface area contributed by atoms with Gasteiger partial charge in [-0.15, -0.1) is 0 Å². The van der Waals surface area contributed by atoms with Crippen molar-refractivity contribution in [2.75, 3.05) is 26.0 Å². The molecule has 2 amide bonds. The van der Waals surface area contributed by atoms with Crippen molar-refractivity contribution in [1.82, 2.24) is 14.7 Å². The number of ether oxygens (including phenoxy) is 1. The average molecular weight is 471 g/mol. The number of anilines is 1. The maximum absolute atomic E-state index is 13.2. The highest BCUT2D eigenvalue weighted by atomic mass is 35.5. The summed E-state index contributed by atoms with van der Waals surface area (Å²) in [6.45, 7) is 3.53. The lowest BCUT2D eigenvalue weighted by molar-refractivity contribution is -0.129. The van der Waals surface area contributed by atoms with Gasteiger partial charge in [0.1, 0.15) is 11.6 Å². The Morgan fingerprint density at radius 1 is 1.21 bits per heavy atom. The van der Waals surface area contributed by atoms with Crippen LogP contribution in [-0.2, 0) is 9.59 Å². The topological polar surface area (TPSA) is 76.5 Å². The summed E-state index contributed by atoms with van der Waals surface area (Å²) in [6.07, 6.45) is 3.05. The minimum absolute atomic E-state index is 0.161. The summed E-state index contributed by atoms with van der Waals surface area (Å²) in [5.41, 5.74) is 3.43. The number of carbonyl (C=O) groups is 2.